The molecule has 0 spiro atoms. The molecule has 0 saturated carbocycles. The number of rotatable bonds is 2. The number of hydrogen-bond donors (Lipinski definition) is 1. The molecule has 1 aliphatic rings. The average molecular weight is 197 g/mol. The van der Waals surface area contributed by atoms with Gasteiger partial charge in [-0.15, -0.1) is 11.3 Å². The molecule has 3 nitrogen and oxygen atoms in total. The van der Waals surface area contributed by atoms with Gasteiger partial charge in [0.2, 0.25) is 0 Å². The first kappa shape index (κ1) is 8.97. The molecule has 72 valence electrons. The highest BCUT2D eigenvalue weighted by Crippen LogP contribution is 2.25. The lowest BCUT2D eigenvalue weighted by Gasteiger charge is -2.34. The monoisotopic (exact) mass is 197 g/mol. The first-order chi connectivity index (χ1) is 6.42. The van der Waals surface area contributed by atoms with Crippen molar-refractivity contribution >= 4 is 16.5 Å². The van der Waals surface area contributed by atoms with Crippen LogP contribution in [0.15, 0.2) is 11.6 Å². The van der Waals surface area contributed by atoms with E-state index in [1.807, 2.05) is 11.6 Å². The summed E-state index contributed by atoms with van der Waals surface area (Å²) >= 11 is 1.71. The maximum atomic E-state index is 5.73. The van der Waals surface area contributed by atoms with Crippen LogP contribution >= 0.6 is 11.3 Å². The van der Waals surface area contributed by atoms with E-state index in [9.17, 15) is 0 Å². The van der Waals surface area contributed by atoms with Gasteiger partial charge in [0.05, 0.1) is 0 Å². The molecule has 13 heavy (non-hydrogen) atoms. The van der Waals surface area contributed by atoms with Crippen molar-refractivity contribution in [2.24, 2.45) is 5.73 Å². The van der Waals surface area contributed by atoms with E-state index in [1.54, 1.807) is 11.3 Å². The molecular formula is C9H15N3S. The quantitative estimate of drug-likeness (QED) is 0.780. The maximum absolute atomic E-state index is 5.73. The second-order valence-electron chi connectivity index (χ2n) is 3.39. The van der Waals surface area contributed by atoms with E-state index < -0.39 is 0 Å². The van der Waals surface area contributed by atoms with Crippen molar-refractivity contribution in [2.75, 3.05) is 18.0 Å². The van der Waals surface area contributed by atoms with Crippen LogP contribution in [0, 0.1) is 0 Å². The van der Waals surface area contributed by atoms with Crippen LogP contribution in [0.4, 0.5) is 5.13 Å². The summed E-state index contributed by atoms with van der Waals surface area (Å²) in [7, 11) is 0. The maximum Gasteiger partial charge on any atom is 0.185 e. The normalized spacial score (nSPS) is 23.5. The number of nitrogens with zero attached hydrogens (tertiary/aromatic N) is 2. The van der Waals surface area contributed by atoms with Gasteiger partial charge in [-0.2, -0.15) is 0 Å². The molecule has 2 heterocycles. The lowest BCUT2D eigenvalue weighted by Crippen LogP contribution is -2.44. The molecule has 0 aromatic carbocycles. The van der Waals surface area contributed by atoms with Gasteiger partial charge in [-0.3, -0.25) is 0 Å². The summed E-state index contributed by atoms with van der Waals surface area (Å²) in [6.45, 7) is 1.87. The molecule has 1 aromatic rings. The summed E-state index contributed by atoms with van der Waals surface area (Å²) in [5.41, 5.74) is 5.73. The average Bonchev–Trinajstić information content (AvgIpc) is 2.70. The van der Waals surface area contributed by atoms with Crippen LogP contribution in [0.25, 0.3) is 0 Å². The topological polar surface area (TPSA) is 42.1 Å². The van der Waals surface area contributed by atoms with E-state index in [4.69, 9.17) is 5.73 Å². The highest BCUT2D eigenvalue weighted by Gasteiger charge is 2.22. The zero-order valence-electron chi connectivity index (χ0n) is 7.65. The van der Waals surface area contributed by atoms with Gasteiger partial charge in [-0.1, -0.05) is 0 Å². The SMILES string of the molecule is NC[C@H]1CCCCN1c1nccs1. The van der Waals surface area contributed by atoms with Gasteiger partial charge in [0.15, 0.2) is 5.13 Å². The number of thiazole rings is 1. The molecule has 2 rings (SSSR count). The van der Waals surface area contributed by atoms with Gasteiger partial charge in [-0.05, 0) is 19.3 Å². The fraction of sp³-hybridized carbons (Fsp3) is 0.667. The molecule has 0 unspecified atom stereocenters. The Morgan fingerprint density at radius 1 is 1.62 bits per heavy atom. The van der Waals surface area contributed by atoms with E-state index in [-0.39, 0.29) is 0 Å². The molecule has 0 aliphatic carbocycles. The lowest BCUT2D eigenvalue weighted by molar-refractivity contribution is 0.465. The minimum atomic E-state index is 0.514. The highest BCUT2D eigenvalue weighted by molar-refractivity contribution is 7.13. The van der Waals surface area contributed by atoms with Crippen molar-refractivity contribution in [2.45, 2.75) is 25.3 Å². The molecule has 0 radical (unpaired) electrons. The van der Waals surface area contributed by atoms with Gasteiger partial charge < -0.3 is 10.6 Å². The van der Waals surface area contributed by atoms with E-state index in [1.165, 1.54) is 19.3 Å². The van der Waals surface area contributed by atoms with Gasteiger partial charge in [0, 0.05) is 30.7 Å². The van der Waals surface area contributed by atoms with Crippen molar-refractivity contribution in [3.8, 4) is 0 Å². The Hall–Kier alpha value is -0.610. The number of hydrogen-bond acceptors (Lipinski definition) is 4. The molecule has 1 atom stereocenters. The third-order valence-electron chi connectivity index (χ3n) is 2.56. The van der Waals surface area contributed by atoms with Gasteiger partial charge >= 0.3 is 0 Å². The molecule has 2 N–H and O–H groups in total. The van der Waals surface area contributed by atoms with Crippen LogP contribution < -0.4 is 10.6 Å². The summed E-state index contributed by atoms with van der Waals surface area (Å²) in [5, 5.41) is 3.16. The van der Waals surface area contributed by atoms with Gasteiger partial charge in [0.1, 0.15) is 0 Å². The third-order valence-corrected chi connectivity index (χ3v) is 3.37. The van der Waals surface area contributed by atoms with E-state index in [0.29, 0.717) is 6.04 Å². The zero-order chi connectivity index (χ0) is 9.10. The van der Waals surface area contributed by atoms with E-state index in [2.05, 4.69) is 9.88 Å². The summed E-state index contributed by atoms with van der Waals surface area (Å²) in [6, 6.07) is 0.514. The first-order valence-corrected chi connectivity index (χ1v) is 5.66. The Labute approximate surface area is 82.6 Å². The molecule has 1 fully saturated rings. The van der Waals surface area contributed by atoms with Crippen molar-refractivity contribution in [1.82, 2.24) is 4.98 Å². The van der Waals surface area contributed by atoms with E-state index in [0.717, 1.165) is 18.2 Å². The molecule has 1 aliphatic heterocycles. The molecule has 1 saturated heterocycles. The molecule has 0 bridgehead atoms. The Morgan fingerprint density at radius 3 is 3.23 bits per heavy atom. The molecule has 1 aromatic heterocycles. The molecule has 0 amide bonds. The summed E-state index contributed by atoms with van der Waals surface area (Å²) in [6.07, 6.45) is 5.66. The van der Waals surface area contributed by atoms with Crippen LogP contribution in [-0.4, -0.2) is 24.1 Å². The van der Waals surface area contributed by atoms with E-state index >= 15 is 0 Å². The summed E-state index contributed by atoms with van der Waals surface area (Å²) in [5.74, 6) is 0. The number of aromatic nitrogens is 1. The fourth-order valence-electron chi connectivity index (χ4n) is 1.86. The Bertz CT molecular complexity index is 247. The number of nitrogens with two attached hydrogens (primary N) is 1. The predicted octanol–water partition coefficient (Wildman–Crippen LogP) is 1.46. The van der Waals surface area contributed by atoms with Gasteiger partial charge in [-0.25, -0.2) is 4.98 Å². The first-order valence-electron chi connectivity index (χ1n) is 4.78. The van der Waals surface area contributed by atoms with Crippen LogP contribution in [0.5, 0.6) is 0 Å². The second kappa shape index (κ2) is 4.07. The van der Waals surface area contributed by atoms with Crippen LogP contribution in [-0.2, 0) is 0 Å². The summed E-state index contributed by atoms with van der Waals surface area (Å²) in [4.78, 5) is 6.68. The largest absolute Gasteiger partial charge is 0.344 e. The number of anilines is 1. The molecular weight excluding hydrogens is 182 g/mol. The molecule has 4 heteroatoms. The third kappa shape index (κ3) is 1.84. The van der Waals surface area contributed by atoms with Crippen molar-refractivity contribution in [1.29, 1.82) is 0 Å². The Kier molecular flexibility index (Phi) is 2.80. The lowest BCUT2D eigenvalue weighted by atomic mass is 10.0. The van der Waals surface area contributed by atoms with Crippen LogP contribution in [0.1, 0.15) is 19.3 Å². The Balaban J connectivity index is 2.11. The smallest absolute Gasteiger partial charge is 0.185 e. The second-order valence-corrected chi connectivity index (χ2v) is 4.27. The predicted molar refractivity (Wildman–Crippen MR) is 56.2 cm³/mol. The number of piperidine rings is 1. The Morgan fingerprint density at radius 2 is 2.54 bits per heavy atom. The van der Waals surface area contributed by atoms with Crippen LogP contribution in [0.2, 0.25) is 0 Å². The highest BCUT2D eigenvalue weighted by atomic mass is 32.1. The van der Waals surface area contributed by atoms with Crippen LogP contribution in [0.3, 0.4) is 0 Å². The van der Waals surface area contributed by atoms with Crippen molar-refractivity contribution in [3.63, 3.8) is 0 Å². The standard InChI is InChI=1S/C9H15N3S/c10-7-8-3-1-2-5-12(8)9-11-4-6-13-9/h4,6,8H,1-3,5,7,10H2/t8-/m1/s1. The fourth-order valence-corrected chi connectivity index (χ4v) is 2.60. The zero-order valence-corrected chi connectivity index (χ0v) is 8.46. The van der Waals surface area contributed by atoms with Gasteiger partial charge in [0.25, 0.3) is 0 Å². The minimum Gasteiger partial charge on any atom is -0.344 e. The summed E-state index contributed by atoms with van der Waals surface area (Å²) < 4.78 is 0. The minimum absolute atomic E-state index is 0.514. The van der Waals surface area contributed by atoms with Crippen molar-refractivity contribution < 1.29 is 0 Å². The van der Waals surface area contributed by atoms with Crippen molar-refractivity contribution in [3.05, 3.63) is 11.6 Å².